The van der Waals surface area contributed by atoms with Gasteiger partial charge in [-0.2, -0.15) is 0 Å². The zero-order valence-corrected chi connectivity index (χ0v) is 12.7. The van der Waals surface area contributed by atoms with E-state index in [1.807, 2.05) is 0 Å². The van der Waals surface area contributed by atoms with Crippen molar-refractivity contribution >= 4 is 5.91 Å². The Morgan fingerprint density at radius 1 is 1.38 bits per heavy atom. The predicted molar refractivity (Wildman–Crippen MR) is 73.4 cm³/mol. The van der Waals surface area contributed by atoms with E-state index < -0.39 is 48.4 Å². The van der Waals surface area contributed by atoms with E-state index in [1.165, 1.54) is 19.1 Å². The molecule has 9 heteroatoms. The van der Waals surface area contributed by atoms with Crippen LogP contribution in [0.3, 0.4) is 0 Å². The fraction of sp³-hybridized carbons (Fsp3) is 0.533. The minimum Gasteiger partial charge on any atom is -0.406 e. The quantitative estimate of drug-likeness (QED) is 0.799. The zero-order valence-electron chi connectivity index (χ0n) is 12.7. The van der Waals surface area contributed by atoms with Crippen LogP contribution < -0.4 is 10.1 Å². The van der Waals surface area contributed by atoms with Crippen LogP contribution in [0.15, 0.2) is 24.3 Å². The van der Waals surface area contributed by atoms with E-state index in [1.54, 1.807) is 0 Å². The summed E-state index contributed by atoms with van der Waals surface area (Å²) < 4.78 is 66.7. The van der Waals surface area contributed by atoms with Gasteiger partial charge in [-0.1, -0.05) is 12.1 Å². The second-order valence-corrected chi connectivity index (χ2v) is 6.01. The number of ether oxygens (including phenoxy) is 1. The lowest BCUT2D eigenvalue weighted by atomic mass is 9.72. The maximum absolute atomic E-state index is 13.0. The second kappa shape index (κ2) is 6.19. The lowest BCUT2D eigenvalue weighted by Gasteiger charge is -2.45. The van der Waals surface area contributed by atoms with Gasteiger partial charge in [-0.25, -0.2) is 8.78 Å². The highest BCUT2D eigenvalue weighted by Gasteiger charge is 2.56. The molecule has 1 fully saturated rings. The summed E-state index contributed by atoms with van der Waals surface area (Å²) in [5.41, 5.74) is -1.46. The Kier molecular flexibility index (Phi) is 4.76. The normalized spacial score (nSPS) is 20.0. The number of benzene rings is 1. The summed E-state index contributed by atoms with van der Waals surface area (Å²) in [5, 5.41) is 12.6. The molecule has 1 saturated carbocycles. The zero-order chi connectivity index (χ0) is 18.2. The first-order valence-electron chi connectivity index (χ1n) is 7.11. The molecule has 1 aromatic carbocycles. The molecule has 0 saturated heterocycles. The van der Waals surface area contributed by atoms with Crippen molar-refractivity contribution in [2.24, 2.45) is 0 Å². The van der Waals surface area contributed by atoms with Gasteiger partial charge < -0.3 is 15.2 Å². The minimum atomic E-state index is -4.88. The van der Waals surface area contributed by atoms with Gasteiger partial charge in [-0.15, -0.1) is 13.2 Å². The molecule has 2 rings (SSSR count). The van der Waals surface area contributed by atoms with Crippen LogP contribution in [-0.2, 0) is 4.79 Å². The molecule has 0 bridgehead atoms. The average molecular weight is 353 g/mol. The van der Waals surface area contributed by atoms with Crippen molar-refractivity contribution in [3.05, 3.63) is 29.8 Å². The molecule has 24 heavy (non-hydrogen) atoms. The van der Waals surface area contributed by atoms with Crippen LogP contribution in [0.2, 0.25) is 0 Å². The molecular weight excluding hydrogens is 337 g/mol. The summed E-state index contributed by atoms with van der Waals surface area (Å²) in [6.07, 6.45) is -6.63. The molecule has 2 N–H and O–H groups in total. The van der Waals surface area contributed by atoms with E-state index in [0.717, 1.165) is 12.1 Å². The molecule has 1 aliphatic carbocycles. The second-order valence-electron chi connectivity index (χ2n) is 6.01. The number of carbonyl (C=O) groups excluding carboxylic acids is 1. The first kappa shape index (κ1) is 18.4. The highest BCUT2D eigenvalue weighted by Crippen LogP contribution is 2.49. The van der Waals surface area contributed by atoms with Gasteiger partial charge in [-0.05, 0) is 17.7 Å². The average Bonchev–Trinajstić information content (AvgIpc) is 2.32. The summed E-state index contributed by atoms with van der Waals surface area (Å²) in [6, 6.07) is 3.91. The lowest BCUT2D eigenvalue weighted by molar-refractivity contribution is -0.274. The molecule has 1 aromatic rings. The molecule has 1 aliphatic rings. The van der Waals surface area contributed by atoms with Crippen LogP contribution in [0.5, 0.6) is 5.75 Å². The molecule has 1 amide bonds. The van der Waals surface area contributed by atoms with Crippen LogP contribution in [0.4, 0.5) is 22.0 Å². The number of hydrogen-bond donors (Lipinski definition) is 2. The van der Waals surface area contributed by atoms with Crippen LogP contribution in [0, 0.1) is 0 Å². The van der Waals surface area contributed by atoms with Crippen molar-refractivity contribution in [3.8, 4) is 5.75 Å². The van der Waals surface area contributed by atoms with Crippen LogP contribution in [0.1, 0.15) is 37.8 Å². The fourth-order valence-electron chi connectivity index (χ4n) is 2.86. The van der Waals surface area contributed by atoms with Gasteiger partial charge in [0.15, 0.2) is 0 Å². The minimum absolute atomic E-state index is 0.218. The van der Waals surface area contributed by atoms with Crippen molar-refractivity contribution in [2.45, 2.75) is 50.1 Å². The topological polar surface area (TPSA) is 58.6 Å². The predicted octanol–water partition coefficient (Wildman–Crippen LogP) is 3.31. The van der Waals surface area contributed by atoms with E-state index in [4.69, 9.17) is 0 Å². The standard InChI is InChI=1S/C15H16F5NO3/c1-9(22)21-12(6-13(23)7-14(16,17)8-13)10-3-2-4-11(5-10)24-15(18,19)20/h2-5,12,23H,6-8H2,1H3,(H,21,22)/t12-/m0/s1. The van der Waals surface area contributed by atoms with Crippen LogP contribution in [0.25, 0.3) is 0 Å². The van der Waals surface area contributed by atoms with Crippen molar-refractivity contribution in [3.63, 3.8) is 0 Å². The molecule has 0 heterocycles. The Morgan fingerprint density at radius 2 is 2.00 bits per heavy atom. The number of alkyl halides is 5. The van der Waals surface area contributed by atoms with Crippen molar-refractivity contribution in [1.82, 2.24) is 5.32 Å². The summed E-state index contributed by atoms with van der Waals surface area (Å²) in [6.45, 7) is 1.18. The Hall–Kier alpha value is -1.90. The molecule has 0 unspecified atom stereocenters. The monoisotopic (exact) mass is 353 g/mol. The van der Waals surface area contributed by atoms with E-state index >= 15 is 0 Å². The number of hydrogen-bond acceptors (Lipinski definition) is 3. The van der Waals surface area contributed by atoms with Gasteiger partial charge >= 0.3 is 6.36 Å². The number of aliphatic hydroxyl groups is 1. The molecule has 1 atom stereocenters. The van der Waals surface area contributed by atoms with Crippen LogP contribution in [-0.4, -0.2) is 28.9 Å². The fourth-order valence-corrected chi connectivity index (χ4v) is 2.86. The number of nitrogens with one attached hydrogen (secondary N) is 1. The molecule has 134 valence electrons. The summed E-state index contributed by atoms with van der Waals surface area (Å²) in [7, 11) is 0. The van der Waals surface area contributed by atoms with Gasteiger partial charge in [0.2, 0.25) is 5.91 Å². The SMILES string of the molecule is CC(=O)N[C@@H](CC1(O)CC(F)(F)C1)c1cccc(OC(F)(F)F)c1. The molecular formula is C15H16F5NO3. The third kappa shape index (κ3) is 5.05. The summed E-state index contributed by atoms with van der Waals surface area (Å²) >= 11 is 0. The first-order valence-corrected chi connectivity index (χ1v) is 7.11. The van der Waals surface area contributed by atoms with Crippen molar-refractivity contribution in [2.75, 3.05) is 0 Å². The van der Waals surface area contributed by atoms with Crippen LogP contribution >= 0.6 is 0 Å². The number of carbonyl (C=O) groups is 1. The van der Waals surface area contributed by atoms with Gasteiger partial charge in [0.1, 0.15) is 5.75 Å². The molecule has 0 aliphatic heterocycles. The number of amides is 1. The van der Waals surface area contributed by atoms with Gasteiger partial charge in [0, 0.05) is 26.2 Å². The largest absolute Gasteiger partial charge is 0.573 e. The Bertz CT molecular complexity index is 609. The third-order valence-electron chi connectivity index (χ3n) is 3.63. The summed E-state index contributed by atoms with van der Waals surface area (Å²) in [4.78, 5) is 11.3. The molecule has 0 radical (unpaired) electrons. The Labute approximate surface area is 134 Å². The number of halogens is 5. The Balaban J connectivity index is 2.19. The summed E-state index contributed by atoms with van der Waals surface area (Å²) in [5.74, 6) is -3.98. The molecule has 0 spiro atoms. The number of rotatable bonds is 5. The first-order chi connectivity index (χ1) is 10.9. The smallest absolute Gasteiger partial charge is 0.406 e. The third-order valence-corrected chi connectivity index (χ3v) is 3.63. The maximum atomic E-state index is 13.0. The van der Waals surface area contributed by atoms with Gasteiger partial charge in [0.25, 0.3) is 5.92 Å². The maximum Gasteiger partial charge on any atom is 0.573 e. The van der Waals surface area contributed by atoms with Gasteiger partial charge in [0.05, 0.1) is 11.6 Å². The molecule has 4 nitrogen and oxygen atoms in total. The van der Waals surface area contributed by atoms with E-state index in [2.05, 4.69) is 10.1 Å². The molecule has 0 aromatic heterocycles. The van der Waals surface area contributed by atoms with Crippen molar-refractivity contribution in [1.29, 1.82) is 0 Å². The lowest BCUT2D eigenvalue weighted by Crippen LogP contribution is -2.53. The van der Waals surface area contributed by atoms with E-state index in [0.29, 0.717) is 0 Å². The highest BCUT2D eigenvalue weighted by molar-refractivity contribution is 5.73. The van der Waals surface area contributed by atoms with Crippen molar-refractivity contribution < 1.29 is 36.6 Å². The van der Waals surface area contributed by atoms with Gasteiger partial charge in [-0.3, -0.25) is 4.79 Å². The Morgan fingerprint density at radius 3 is 2.50 bits per heavy atom. The van der Waals surface area contributed by atoms with E-state index in [9.17, 15) is 31.9 Å². The van der Waals surface area contributed by atoms with E-state index in [-0.39, 0.29) is 12.0 Å². The highest BCUT2D eigenvalue weighted by atomic mass is 19.4.